The molecule has 0 aromatic heterocycles. The molecule has 1 heterocycles. The summed E-state index contributed by atoms with van der Waals surface area (Å²) in [7, 11) is 1.29. The van der Waals surface area contributed by atoms with Gasteiger partial charge in [0.15, 0.2) is 0 Å². The fourth-order valence-electron chi connectivity index (χ4n) is 1.89. The number of esters is 1. The minimum Gasteiger partial charge on any atom is -0.467 e. The number of carbonyl (C=O) groups is 1. The third-order valence-corrected chi connectivity index (χ3v) is 2.83. The molecule has 0 aromatic carbocycles. The Morgan fingerprint density at radius 1 is 1.25 bits per heavy atom. The lowest BCUT2D eigenvalue weighted by atomic mass is 9.94. The van der Waals surface area contributed by atoms with E-state index in [1.807, 2.05) is 0 Å². The molecule has 1 saturated carbocycles. The first-order chi connectivity index (χ1) is 7.76. The molecule has 2 fully saturated rings. The van der Waals surface area contributed by atoms with E-state index in [0.29, 0.717) is 12.8 Å². The lowest BCUT2D eigenvalue weighted by Crippen LogP contribution is -2.37. The highest BCUT2D eigenvalue weighted by Gasteiger charge is 2.41. The van der Waals surface area contributed by atoms with E-state index in [9.17, 15) is 4.79 Å². The van der Waals surface area contributed by atoms with Crippen molar-refractivity contribution >= 4 is 5.97 Å². The number of ether oxygens (including phenoxy) is 1. The van der Waals surface area contributed by atoms with Crippen molar-refractivity contribution in [3.05, 3.63) is 0 Å². The Balaban J connectivity index is 1.94. The van der Waals surface area contributed by atoms with E-state index >= 15 is 0 Å². The van der Waals surface area contributed by atoms with Crippen molar-refractivity contribution in [1.82, 2.24) is 0 Å². The molecule has 0 N–H and O–H groups in total. The molecule has 1 saturated heterocycles. The maximum Gasteiger partial charge on any atom is 0.340 e. The van der Waals surface area contributed by atoms with Gasteiger partial charge in [0.2, 0.25) is 11.9 Å². The zero-order valence-electron chi connectivity index (χ0n) is 9.27. The number of rotatable bonds is 1. The van der Waals surface area contributed by atoms with Gasteiger partial charge in [-0.05, 0) is 12.8 Å². The van der Waals surface area contributed by atoms with Gasteiger partial charge in [-0.25, -0.2) is 14.6 Å². The van der Waals surface area contributed by atoms with E-state index in [4.69, 9.17) is 19.6 Å². The van der Waals surface area contributed by atoms with Crippen LogP contribution in [0.15, 0.2) is 0 Å². The van der Waals surface area contributed by atoms with Crippen LogP contribution in [0.4, 0.5) is 0 Å². The number of carbonyl (C=O) groups excluding carboxylic acids is 1. The van der Waals surface area contributed by atoms with Crippen LogP contribution in [0.25, 0.3) is 0 Å². The first kappa shape index (κ1) is 11.8. The van der Waals surface area contributed by atoms with Crippen molar-refractivity contribution in [2.45, 2.75) is 44.0 Å². The van der Waals surface area contributed by atoms with Crippen LogP contribution >= 0.6 is 0 Å². The van der Waals surface area contributed by atoms with Crippen molar-refractivity contribution < 1.29 is 29.1 Å². The maximum atomic E-state index is 11.2. The highest BCUT2D eigenvalue weighted by Crippen LogP contribution is 2.34. The molecule has 0 bridgehead atoms. The van der Waals surface area contributed by atoms with Crippen LogP contribution < -0.4 is 0 Å². The molecule has 6 nitrogen and oxygen atoms in total. The number of methoxy groups -OCH3 is 1. The third-order valence-electron chi connectivity index (χ3n) is 2.83. The highest BCUT2D eigenvalue weighted by molar-refractivity contribution is 5.74. The van der Waals surface area contributed by atoms with Crippen LogP contribution in [0.1, 0.15) is 32.1 Å². The summed E-state index contributed by atoms with van der Waals surface area (Å²) >= 11 is 0. The summed E-state index contributed by atoms with van der Waals surface area (Å²) < 4.78 is 4.54. The molecule has 1 atom stereocenters. The Labute approximate surface area is 93.6 Å². The van der Waals surface area contributed by atoms with E-state index in [1.54, 1.807) is 0 Å². The summed E-state index contributed by atoms with van der Waals surface area (Å²) in [5, 5.41) is 0. The van der Waals surface area contributed by atoms with E-state index in [1.165, 1.54) is 7.11 Å². The van der Waals surface area contributed by atoms with Gasteiger partial charge in [-0.2, -0.15) is 9.78 Å². The quantitative estimate of drug-likeness (QED) is 0.498. The van der Waals surface area contributed by atoms with Gasteiger partial charge in [-0.1, -0.05) is 6.42 Å². The van der Waals surface area contributed by atoms with Gasteiger partial charge in [0.25, 0.3) is 0 Å². The fraction of sp³-hybridized carbons (Fsp3) is 0.900. The predicted octanol–water partition coefficient (Wildman–Crippen LogP) is 1.10. The molecule has 0 radical (unpaired) electrons. The van der Waals surface area contributed by atoms with Gasteiger partial charge in [0, 0.05) is 12.8 Å². The molecule has 2 rings (SSSR count). The second kappa shape index (κ2) is 5.09. The fourth-order valence-corrected chi connectivity index (χ4v) is 1.89. The minimum atomic E-state index is -0.883. The smallest absolute Gasteiger partial charge is 0.340 e. The van der Waals surface area contributed by atoms with Crippen molar-refractivity contribution in [1.29, 1.82) is 0 Å². The average molecular weight is 232 g/mol. The first-order valence-corrected chi connectivity index (χ1v) is 5.49. The summed E-state index contributed by atoms with van der Waals surface area (Å²) in [5.41, 5.74) is 0. The molecular formula is C10H16O6. The Morgan fingerprint density at radius 2 is 2.00 bits per heavy atom. The van der Waals surface area contributed by atoms with Gasteiger partial charge in [0.1, 0.15) is 6.61 Å². The van der Waals surface area contributed by atoms with Gasteiger partial charge in [0.05, 0.1) is 7.11 Å². The minimum absolute atomic E-state index is 0.0194. The van der Waals surface area contributed by atoms with Crippen molar-refractivity contribution in [2.75, 3.05) is 13.7 Å². The maximum absolute atomic E-state index is 11.2. The van der Waals surface area contributed by atoms with Crippen LogP contribution in [-0.2, 0) is 29.1 Å². The highest BCUT2D eigenvalue weighted by atomic mass is 17.3. The average Bonchev–Trinajstić information content (AvgIpc) is 2.52. The SMILES string of the molecule is COC(=O)C1COOC2(CCCCC2)OO1. The summed E-state index contributed by atoms with van der Waals surface area (Å²) in [4.78, 5) is 31.6. The second-order valence-corrected chi connectivity index (χ2v) is 4.03. The van der Waals surface area contributed by atoms with Gasteiger partial charge < -0.3 is 4.74 Å². The molecule has 0 amide bonds. The lowest BCUT2D eigenvalue weighted by molar-refractivity contribution is -0.487. The van der Waals surface area contributed by atoms with Crippen LogP contribution in [0.2, 0.25) is 0 Å². The monoisotopic (exact) mass is 232 g/mol. The normalized spacial score (nSPS) is 29.7. The van der Waals surface area contributed by atoms with Gasteiger partial charge in [-0.3, -0.25) is 0 Å². The van der Waals surface area contributed by atoms with Crippen molar-refractivity contribution in [2.24, 2.45) is 0 Å². The van der Waals surface area contributed by atoms with Crippen LogP contribution in [0, 0.1) is 0 Å². The Kier molecular flexibility index (Phi) is 3.75. The number of hydrogen-bond donors (Lipinski definition) is 0. The summed E-state index contributed by atoms with van der Waals surface area (Å²) in [6.07, 6.45) is 3.67. The van der Waals surface area contributed by atoms with E-state index in [0.717, 1.165) is 19.3 Å². The lowest BCUT2D eigenvalue weighted by Gasteiger charge is -2.31. The van der Waals surface area contributed by atoms with Crippen LogP contribution in [-0.4, -0.2) is 31.6 Å². The Morgan fingerprint density at radius 3 is 2.69 bits per heavy atom. The van der Waals surface area contributed by atoms with Crippen molar-refractivity contribution in [3.8, 4) is 0 Å². The molecule has 1 aliphatic carbocycles. The Hall–Kier alpha value is -0.690. The molecule has 1 unspecified atom stereocenters. The zero-order chi connectivity index (χ0) is 11.4. The summed E-state index contributed by atoms with van der Waals surface area (Å²) in [5.74, 6) is -1.38. The molecule has 1 aliphatic heterocycles. The molecular weight excluding hydrogens is 216 g/mol. The topological polar surface area (TPSA) is 63.2 Å². The first-order valence-electron chi connectivity index (χ1n) is 5.49. The standard InChI is InChI=1S/C10H16O6/c1-12-9(11)8-7-13-15-10(16-14-8)5-3-2-4-6-10/h8H,2-7H2,1H3. The number of hydrogen-bond acceptors (Lipinski definition) is 6. The third kappa shape index (κ3) is 2.52. The molecule has 92 valence electrons. The summed E-state index contributed by atoms with van der Waals surface area (Å²) in [6, 6.07) is 0. The van der Waals surface area contributed by atoms with Gasteiger partial charge >= 0.3 is 5.97 Å². The molecule has 6 heteroatoms. The zero-order valence-corrected chi connectivity index (χ0v) is 9.27. The van der Waals surface area contributed by atoms with Crippen molar-refractivity contribution in [3.63, 3.8) is 0 Å². The predicted molar refractivity (Wildman–Crippen MR) is 50.8 cm³/mol. The van der Waals surface area contributed by atoms with E-state index in [-0.39, 0.29) is 6.61 Å². The Bertz CT molecular complexity index is 248. The molecule has 2 aliphatic rings. The largest absolute Gasteiger partial charge is 0.467 e. The van der Waals surface area contributed by atoms with Crippen LogP contribution in [0.3, 0.4) is 0 Å². The van der Waals surface area contributed by atoms with Gasteiger partial charge in [-0.15, -0.1) is 0 Å². The van der Waals surface area contributed by atoms with Crippen LogP contribution in [0.5, 0.6) is 0 Å². The van der Waals surface area contributed by atoms with E-state index < -0.39 is 17.9 Å². The van der Waals surface area contributed by atoms with E-state index in [2.05, 4.69) is 4.74 Å². The second-order valence-electron chi connectivity index (χ2n) is 4.03. The summed E-state index contributed by atoms with van der Waals surface area (Å²) in [6.45, 7) is -0.0194. The molecule has 16 heavy (non-hydrogen) atoms. The molecule has 1 spiro atoms. The molecule has 0 aromatic rings.